The molecule has 1 fully saturated rings. The number of ether oxygens (including phenoxy) is 1. The first-order valence-corrected chi connectivity index (χ1v) is 18.0. The van der Waals surface area contributed by atoms with Crippen molar-refractivity contribution in [1.29, 1.82) is 0 Å². The van der Waals surface area contributed by atoms with E-state index in [0.29, 0.717) is 12.5 Å². The van der Waals surface area contributed by atoms with Gasteiger partial charge in [-0.1, -0.05) is 0 Å². The molecule has 4 aromatic carbocycles. The third-order valence-corrected chi connectivity index (χ3v) is 18.2. The Bertz CT molecular complexity index is 1280. The second-order valence-corrected chi connectivity index (χ2v) is 20.2. The van der Waals surface area contributed by atoms with Gasteiger partial charge in [0.05, 0.1) is 0 Å². The number of rotatable bonds is 9. The fraction of sp³-hybridized carbons (Fsp3) is 0.257. The van der Waals surface area contributed by atoms with Crippen molar-refractivity contribution in [1.82, 2.24) is 0 Å². The monoisotopic (exact) mass is 584 g/mol. The predicted octanol–water partition coefficient (Wildman–Crippen LogP) is 8.41. The zero-order valence-electron chi connectivity index (χ0n) is 22.7. The van der Waals surface area contributed by atoms with Crippen molar-refractivity contribution in [2.24, 2.45) is 11.3 Å². The van der Waals surface area contributed by atoms with Crippen LogP contribution in [-0.2, 0) is 11.3 Å². The number of hydrogen-bond acceptors (Lipinski definition) is 1. The van der Waals surface area contributed by atoms with Gasteiger partial charge in [0, 0.05) is 0 Å². The Hall–Kier alpha value is -2.51. The van der Waals surface area contributed by atoms with E-state index in [0.717, 1.165) is 19.2 Å². The van der Waals surface area contributed by atoms with Crippen molar-refractivity contribution in [2.45, 2.75) is 33.8 Å². The first-order chi connectivity index (χ1) is 18.3. The molecule has 1 aliphatic rings. The second-order valence-electron chi connectivity index (χ2n) is 11.2. The van der Waals surface area contributed by atoms with Crippen molar-refractivity contribution >= 4 is 36.7 Å². The van der Waals surface area contributed by atoms with Gasteiger partial charge in [-0.15, -0.1) is 0 Å². The van der Waals surface area contributed by atoms with Crippen LogP contribution in [0.1, 0.15) is 32.8 Å². The molecule has 0 spiro atoms. The quantitative estimate of drug-likeness (QED) is 0.142. The maximum absolute atomic E-state index is 6.19. The summed E-state index contributed by atoms with van der Waals surface area (Å²) in [6.07, 6.45) is 2.07. The van der Waals surface area contributed by atoms with Crippen LogP contribution < -0.4 is 15.9 Å². The summed E-state index contributed by atoms with van der Waals surface area (Å²) >= 11 is 4.63. The number of benzene rings is 4. The first-order valence-electron chi connectivity index (χ1n) is 13.5. The summed E-state index contributed by atoms with van der Waals surface area (Å²) in [5, 5.41) is 1.13. The Balaban J connectivity index is 1.51. The van der Waals surface area contributed by atoms with E-state index >= 15 is 0 Å². The van der Waals surface area contributed by atoms with Crippen LogP contribution in [0.25, 0.3) is 0 Å². The molecular formula is C35H38BrOP. The molecule has 196 valence electrons. The van der Waals surface area contributed by atoms with Gasteiger partial charge in [0.25, 0.3) is 0 Å². The zero-order chi connectivity index (χ0) is 26.7. The van der Waals surface area contributed by atoms with E-state index in [4.69, 9.17) is 4.74 Å². The van der Waals surface area contributed by atoms with E-state index in [1.54, 1.807) is 5.57 Å². The molecule has 1 saturated carbocycles. The van der Waals surface area contributed by atoms with Gasteiger partial charge in [-0.3, -0.25) is 0 Å². The summed E-state index contributed by atoms with van der Waals surface area (Å²) < 4.78 is 6.19. The maximum atomic E-state index is 6.19. The van der Waals surface area contributed by atoms with Crippen molar-refractivity contribution in [3.05, 3.63) is 138 Å². The van der Waals surface area contributed by atoms with Gasteiger partial charge in [0.2, 0.25) is 0 Å². The van der Waals surface area contributed by atoms with E-state index in [1.165, 1.54) is 27.1 Å². The van der Waals surface area contributed by atoms with E-state index in [9.17, 15) is 0 Å². The Morgan fingerprint density at radius 1 is 0.737 bits per heavy atom. The molecule has 0 heterocycles. The van der Waals surface area contributed by atoms with Crippen LogP contribution in [0.2, 0.25) is 0 Å². The normalized spacial score (nSPS) is 19.2. The molecular weight excluding hydrogens is 547 g/mol. The minimum atomic E-state index is -2.98. The SMILES string of the molecule is CC(CP(Br)(c1ccccc1)(c1ccccc1)c1ccccc1)=C1CC(COCc2ccccc2)C1(C)C. The molecule has 0 bridgehead atoms. The summed E-state index contributed by atoms with van der Waals surface area (Å²) in [6.45, 7) is 8.66. The van der Waals surface area contributed by atoms with E-state index in [1.807, 2.05) is 0 Å². The van der Waals surface area contributed by atoms with E-state index in [2.05, 4.69) is 158 Å². The molecule has 0 N–H and O–H groups in total. The van der Waals surface area contributed by atoms with Gasteiger partial charge >= 0.3 is 237 Å². The van der Waals surface area contributed by atoms with Crippen LogP contribution in [0.15, 0.2) is 132 Å². The Labute approximate surface area is 236 Å². The van der Waals surface area contributed by atoms with Crippen LogP contribution in [0.4, 0.5) is 0 Å². The van der Waals surface area contributed by atoms with Crippen molar-refractivity contribution in [2.75, 3.05) is 12.8 Å². The molecule has 1 unspecified atom stereocenters. The molecule has 0 aromatic heterocycles. The molecule has 0 amide bonds. The minimum absolute atomic E-state index is 0.118. The summed E-state index contributed by atoms with van der Waals surface area (Å²) in [5.74, 6) is 0.530. The van der Waals surface area contributed by atoms with Crippen LogP contribution in [-0.4, -0.2) is 12.8 Å². The summed E-state index contributed by atoms with van der Waals surface area (Å²) in [5.41, 5.74) is 4.44. The molecule has 0 radical (unpaired) electrons. The molecule has 5 rings (SSSR count). The zero-order valence-corrected chi connectivity index (χ0v) is 25.2. The number of halogens is 1. The Morgan fingerprint density at radius 2 is 1.16 bits per heavy atom. The molecule has 4 aromatic rings. The Morgan fingerprint density at radius 3 is 1.58 bits per heavy atom. The fourth-order valence-electron chi connectivity index (χ4n) is 6.24. The molecule has 0 saturated heterocycles. The third-order valence-electron chi connectivity index (χ3n) is 8.61. The average Bonchev–Trinajstić information content (AvgIpc) is 2.96. The van der Waals surface area contributed by atoms with Gasteiger partial charge in [-0.2, -0.15) is 0 Å². The van der Waals surface area contributed by atoms with Gasteiger partial charge in [-0.25, -0.2) is 0 Å². The standard InChI is InChI=1S/C35H38BrOP/c1-28(34-24-30(35(34,2)3)26-37-25-29-16-8-4-9-17-29)27-38(36,31-18-10-5-11-19-31,32-20-12-6-13-21-32)33-22-14-7-15-23-33/h4-23,30H,24-27H2,1-3H3. The van der Waals surface area contributed by atoms with Gasteiger partial charge < -0.3 is 0 Å². The average molecular weight is 586 g/mol. The van der Waals surface area contributed by atoms with Gasteiger partial charge in [0.15, 0.2) is 0 Å². The number of hydrogen-bond donors (Lipinski definition) is 0. The molecule has 1 nitrogen and oxygen atoms in total. The van der Waals surface area contributed by atoms with Crippen LogP contribution >= 0.6 is 20.8 Å². The fourth-order valence-corrected chi connectivity index (χ4v) is 14.4. The Kier molecular flexibility index (Phi) is 7.79. The summed E-state index contributed by atoms with van der Waals surface area (Å²) in [6, 6.07) is 43.8. The first kappa shape index (κ1) is 27.1. The van der Waals surface area contributed by atoms with Gasteiger partial charge in [-0.05, 0) is 0 Å². The van der Waals surface area contributed by atoms with Crippen molar-refractivity contribution < 1.29 is 4.74 Å². The predicted molar refractivity (Wildman–Crippen MR) is 170 cm³/mol. The van der Waals surface area contributed by atoms with Gasteiger partial charge in [0.1, 0.15) is 0 Å². The van der Waals surface area contributed by atoms with E-state index in [-0.39, 0.29) is 5.41 Å². The third kappa shape index (κ3) is 4.84. The molecule has 38 heavy (non-hydrogen) atoms. The molecule has 3 heteroatoms. The van der Waals surface area contributed by atoms with Crippen molar-refractivity contribution in [3.63, 3.8) is 0 Å². The number of allylic oxidation sites excluding steroid dienone is 2. The van der Waals surface area contributed by atoms with Crippen LogP contribution in [0.3, 0.4) is 0 Å². The second kappa shape index (κ2) is 10.9. The van der Waals surface area contributed by atoms with E-state index < -0.39 is 5.31 Å². The summed E-state index contributed by atoms with van der Waals surface area (Å²) in [4.78, 5) is 0. The van der Waals surface area contributed by atoms with Crippen LogP contribution in [0.5, 0.6) is 0 Å². The molecule has 0 aliphatic heterocycles. The molecule has 1 atom stereocenters. The topological polar surface area (TPSA) is 9.23 Å². The molecule has 1 aliphatic carbocycles. The van der Waals surface area contributed by atoms with Crippen molar-refractivity contribution in [3.8, 4) is 0 Å². The van der Waals surface area contributed by atoms with Crippen LogP contribution in [0, 0.1) is 11.3 Å². The summed E-state index contributed by atoms with van der Waals surface area (Å²) in [7, 11) is 0.